The van der Waals surface area contributed by atoms with E-state index in [1.807, 2.05) is 0 Å². The first-order valence-corrected chi connectivity index (χ1v) is 4.59. The summed E-state index contributed by atoms with van der Waals surface area (Å²) in [5.74, 6) is -0.320. The summed E-state index contributed by atoms with van der Waals surface area (Å²) in [5.41, 5.74) is 0.686. The van der Waals surface area contributed by atoms with Gasteiger partial charge in [-0.1, -0.05) is 0 Å². The van der Waals surface area contributed by atoms with Crippen LogP contribution >= 0.6 is 0 Å². The van der Waals surface area contributed by atoms with Crippen LogP contribution in [0, 0.1) is 5.82 Å². The van der Waals surface area contributed by atoms with Gasteiger partial charge in [0, 0.05) is 5.56 Å². The molecule has 0 saturated carbocycles. The molecule has 0 bridgehead atoms. The highest BCUT2D eigenvalue weighted by Gasteiger charge is 2.05. The van der Waals surface area contributed by atoms with Crippen LogP contribution in [0.2, 0.25) is 0 Å². The van der Waals surface area contributed by atoms with E-state index in [1.54, 1.807) is 6.07 Å². The summed E-state index contributed by atoms with van der Waals surface area (Å²) in [6.45, 7) is 0. The normalized spacial score (nSPS) is 10.1. The van der Waals surface area contributed by atoms with Crippen molar-refractivity contribution < 1.29 is 9.13 Å². The Morgan fingerprint density at radius 3 is 2.81 bits per heavy atom. The Hall–Kier alpha value is -2.17. The largest absolute Gasteiger partial charge is 0.494 e. The van der Waals surface area contributed by atoms with Crippen molar-refractivity contribution in [3.05, 3.63) is 46.8 Å². The summed E-state index contributed by atoms with van der Waals surface area (Å²) in [6, 6.07) is 4.43. The fourth-order valence-electron chi connectivity index (χ4n) is 1.36. The zero-order valence-corrected chi connectivity index (χ0v) is 8.53. The van der Waals surface area contributed by atoms with Gasteiger partial charge in [-0.15, -0.1) is 0 Å². The molecular formula is C11H9FN2O2. The van der Waals surface area contributed by atoms with Crippen molar-refractivity contribution in [2.45, 2.75) is 0 Å². The third-order valence-corrected chi connectivity index (χ3v) is 2.12. The van der Waals surface area contributed by atoms with Gasteiger partial charge in [0.1, 0.15) is 0 Å². The Balaban J connectivity index is 2.49. The zero-order valence-electron chi connectivity index (χ0n) is 8.53. The minimum Gasteiger partial charge on any atom is -0.494 e. The monoisotopic (exact) mass is 220 g/mol. The molecule has 1 N–H and O–H groups in total. The van der Waals surface area contributed by atoms with Crippen LogP contribution in [0.1, 0.15) is 0 Å². The van der Waals surface area contributed by atoms with Crippen molar-refractivity contribution in [1.29, 1.82) is 0 Å². The number of hydrogen-bond donors (Lipinski definition) is 1. The van der Waals surface area contributed by atoms with Gasteiger partial charge in [0.25, 0.3) is 5.56 Å². The molecule has 2 aromatic rings. The second-order valence-electron chi connectivity index (χ2n) is 3.16. The number of methoxy groups -OCH3 is 1. The van der Waals surface area contributed by atoms with Crippen LogP contribution in [-0.4, -0.2) is 17.1 Å². The maximum atomic E-state index is 13.4. The first-order valence-electron chi connectivity index (χ1n) is 4.59. The van der Waals surface area contributed by atoms with Gasteiger partial charge < -0.3 is 9.72 Å². The Labute approximate surface area is 90.7 Å². The molecule has 16 heavy (non-hydrogen) atoms. The van der Waals surface area contributed by atoms with E-state index in [1.165, 1.54) is 25.4 Å². The van der Waals surface area contributed by atoms with Crippen LogP contribution in [0.5, 0.6) is 5.75 Å². The van der Waals surface area contributed by atoms with Gasteiger partial charge in [-0.2, -0.15) is 0 Å². The summed E-state index contributed by atoms with van der Waals surface area (Å²) < 4.78 is 18.2. The highest BCUT2D eigenvalue weighted by Crippen LogP contribution is 2.22. The van der Waals surface area contributed by atoms with E-state index >= 15 is 0 Å². The first kappa shape index (κ1) is 10.4. The number of aromatic amines is 1. The smallest absolute Gasteiger partial charge is 0.266 e. The first-order chi connectivity index (χ1) is 7.70. The van der Waals surface area contributed by atoms with Crippen LogP contribution in [0.4, 0.5) is 4.39 Å². The Kier molecular flexibility index (Phi) is 2.68. The molecule has 1 aromatic carbocycles. The molecule has 0 fully saturated rings. The average molecular weight is 220 g/mol. The number of aromatic nitrogens is 2. The summed E-state index contributed by atoms with van der Waals surface area (Å²) in [6.07, 6.45) is 2.62. The molecule has 0 aliphatic rings. The maximum Gasteiger partial charge on any atom is 0.266 e. The molecule has 0 spiro atoms. The molecule has 0 aliphatic heterocycles. The number of nitrogens with zero attached hydrogens (tertiary/aromatic N) is 1. The van der Waals surface area contributed by atoms with E-state index in [4.69, 9.17) is 4.74 Å². The van der Waals surface area contributed by atoms with Gasteiger partial charge in [0.2, 0.25) is 0 Å². The Morgan fingerprint density at radius 2 is 2.19 bits per heavy atom. The van der Waals surface area contributed by atoms with Gasteiger partial charge >= 0.3 is 0 Å². The molecule has 1 heterocycles. The fraction of sp³-hybridized carbons (Fsp3) is 0.0909. The Bertz CT molecular complexity index is 566. The van der Waals surface area contributed by atoms with Crippen molar-refractivity contribution in [2.75, 3.05) is 7.11 Å². The van der Waals surface area contributed by atoms with E-state index < -0.39 is 5.82 Å². The molecule has 0 unspecified atom stereocenters. The fourth-order valence-corrected chi connectivity index (χ4v) is 1.36. The highest BCUT2D eigenvalue weighted by molar-refractivity contribution is 5.59. The van der Waals surface area contributed by atoms with Crippen LogP contribution in [0.3, 0.4) is 0 Å². The standard InChI is InChI=1S/C11H9FN2O2/c1-16-10-3-2-7(4-8(10)12)9-5-13-6-11(15)14-9/h2-6H,1H3,(H,14,15). The van der Waals surface area contributed by atoms with Crippen LogP contribution in [0.15, 0.2) is 35.4 Å². The lowest BCUT2D eigenvalue weighted by Gasteiger charge is -2.04. The van der Waals surface area contributed by atoms with E-state index in [2.05, 4.69) is 9.97 Å². The molecule has 82 valence electrons. The van der Waals surface area contributed by atoms with E-state index in [0.29, 0.717) is 11.3 Å². The molecule has 0 saturated heterocycles. The molecule has 5 heteroatoms. The number of hydrogen-bond acceptors (Lipinski definition) is 3. The van der Waals surface area contributed by atoms with Crippen LogP contribution in [-0.2, 0) is 0 Å². The number of H-pyrrole nitrogens is 1. The molecule has 4 nitrogen and oxygen atoms in total. The minimum atomic E-state index is -0.482. The number of rotatable bonds is 2. The summed E-state index contributed by atoms with van der Waals surface area (Å²) in [7, 11) is 1.39. The highest BCUT2D eigenvalue weighted by atomic mass is 19.1. The van der Waals surface area contributed by atoms with Crippen molar-refractivity contribution >= 4 is 0 Å². The lowest BCUT2D eigenvalue weighted by molar-refractivity contribution is 0.386. The molecular weight excluding hydrogens is 211 g/mol. The van der Waals surface area contributed by atoms with Crippen LogP contribution in [0.25, 0.3) is 11.3 Å². The lowest BCUT2D eigenvalue weighted by atomic mass is 10.1. The quantitative estimate of drug-likeness (QED) is 0.836. The number of benzene rings is 1. The van der Waals surface area contributed by atoms with Gasteiger partial charge in [0.15, 0.2) is 11.6 Å². The molecule has 0 radical (unpaired) electrons. The lowest BCUT2D eigenvalue weighted by Crippen LogP contribution is -2.05. The third-order valence-electron chi connectivity index (χ3n) is 2.12. The number of nitrogens with one attached hydrogen (secondary N) is 1. The summed E-state index contributed by atoms with van der Waals surface area (Å²) in [4.78, 5) is 17.3. The van der Waals surface area contributed by atoms with E-state index in [9.17, 15) is 9.18 Å². The summed E-state index contributed by atoms with van der Waals surface area (Å²) in [5, 5.41) is 0. The SMILES string of the molecule is COc1ccc(-c2cncc(=O)[nH]2)cc1F. The zero-order chi connectivity index (χ0) is 11.5. The van der Waals surface area contributed by atoms with Crippen molar-refractivity contribution in [3.8, 4) is 17.0 Å². The van der Waals surface area contributed by atoms with Gasteiger partial charge in [-0.25, -0.2) is 4.39 Å². The van der Waals surface area contributed by atoms with Gasteiger partial charge in [-0.3, -0.25) is 9.78 Å². The second-order valence-corrected chi connectivity index (χ2v) is 3.16. The third kappa shape index (κ3) is 1.93. The predicted molar refractivity (Wildman–Crippen MR) is 56.8 cm³/mol. The molecule has 0 aliphatic carbocycles. The van der Waals surface area contributed by atoms with Crippen LogP contribution < -0.4 is 10.3 Å². The predicted octanol–water partition coefficient (Wildman–Crippen LogP) is 1.58. The molecule has 1 aromatic heterocycles. The van der Waals surface area contributed by atoms with Gasteiger partial charge in [-0.05, 0) is 18.2 Å². The average Bonchev–Trinajstić information content (AvgIpc) is 2.29. The molecule has 0 amide bonds. The van der Waals surface area contributed by atoms with E-state index in [-0.39, 0.29) is 11.3 Å². The minimum absolute atomic E-state index is 0.162. The van der Waals surface area contributed by atoms with Gasteiger partial charge in [0.05, 0.1) is 25.2 Å². The topological polar surface area (TPSA) is 55.0 Å². The second kappa shape index (κ2) is 4.14. The van der Waals surface area contributed by atoms with Crippen molar-refractivity contribution in [2.24, 2.45) is 0 Å². The number of halogens is 1. The van der Waals surface area contributed by atoms with E-state index in [0.717, 1.165) is 6.20 Å². The molecule has 2 rings (SSSR count). The van der Waals surface area contributed by atoms with Crippen molar-refractivity contribution in [3.63, 3.8) is 0 Å². The molecule has 0 atom stereocenters. The summed E-state index contributed by atoms with van der Waals surface area (Å²) >= 11 is 0. The Morgan fingerprint density at radius 1 is 1.38 bits per heavy atom. The maximum absolute atomic E-state index is 13.4. The number of ether oxygens (including phenoxy) is 1. The van der Waals surface area contributed by atoms with Crippen molar-refractivity contribution in [1.82, 2.24) is 9.97 Å².